The quantitative estimate of drug-likeness (QED) is 0.448. The molecule has 1 unspecified atom stereocenters. The highest BCUT2D eigenvalue weighted by atomic mass is 16.5. The van der Waals surface area contributed by atoms with Crippen LogP contribution in [0.4, 0.5) is 0 Å². The minimum atomic E-state index is -0.0827. The molecule has 0 aliphatic carbocycles. The molecule has 194 valence electrons. The molecule has 3 aromatic carbocycles. The van der Waals surface area contributed by atoms with Gasteiger partial charge in [-0.2, -0.15) is 0 Å². The first-order valence-electron chi connectivity index (χ1n) is 13.0. The normalized spacial score (nSPS) is 15.3. The molecular weight excluding hydrogens is 462 g/mol. The molecular formula is C31H37N3O3. The second-order valence-electron chi connectivity index (χ2n) is 9.87. The van der Waals surface area contributed by atoms with Crippen molar-refractivity contribution < 1.29 is 14.3 Å². The first-order valence-corrected chi connectivity index (χ1v) is 13.0. The number of carbonyl (C=O) groups excluding carboxylic acids is 2. The molecule has 6 heteroatoms. The average Bonchev–Trinajstić information content (AvgIpc) is 2.89. The zero-order valence-electron chi connectivity index (χ0n) is 22.0. The summed E-state index contributed by atoms with van der Waals surface area (Å²) >= 11 is 0. The first-order chi connectivity index (χ1) is 17.9. The van der Waals surface area contributed by atoms with Crippen LogP contribution in [0, 0.1) is 13.8 Å². The van der Waals surface area contributed by atoms with E-state index in [0.29, 0.717) is 25.1 Å². The SMILES string of the molecule is CC(=O)NCc1cc(C)ccc1Oc1cc(C)ccc1CCC(=O)N1CCNCC1Cc1ccccc1. The van der Waals surface area contributed by atoms with Gasteiger partial charge in [0.2, 0.25) is 11.8 Å². The van der Waals surface area contributed by atoms with Crippen molar-refractivity contribution in [3.05, 3.63) is 94.5 Å². The summed E-state index contributed by atoms with van der Waals surface area (Å²) in [5.41, 5.74) is 5.36. The Bertz CT molecular complexity index is 1230. The van der Waals surface area contributed by atoms with Crippen LogP contribution in [0.3, 0.4) is 0 Å². The predicted molar refractivity (Wildman–Crippen MR) is 147 cm³/mol. The molecule has 3 aromatic rings. The Morgan fingerprint density at radius 1 is 0.973 bits per heavy atom. The summed E-state index contributed by atoms with van der Waals surface area (Å²) in [6, 6.07) is 22.6. The van der Waals surface area contributed by atoms with E-state index in [1.165, 1.54) is 12.5 Å². The Morgan fingerprint density at radius 3 is 2.51 bits per heavy atom. The topological polar surface area (TPSA) is 70.7 Å². The standard InChI is InChI=1S/C31H37N3O3/c1-22-10-13-29(27(17-22)20-33-24(3)35)37-30-18-23(2)9-11-26(30)12-14-31(36)34-16-15-32-21-28(34)19-25-7-5-4-6-8-25/h4-11,13,17-18,28,32H,12,14-16,19-21H2,1-3H3,(H,33,35). The van der Waals surface area contributed by atoms with Crippen LogP contribution < -0.4 is 15.4 Å². The Morgan fingerprint density at radius 2 is 1.73 bits per heavy atom. The van der Waals surface area contributed by atoms with Gasteiger partial charge >= 0.3 is 0 Å². The number of ether oxygens (including phenoxy) is 1. The molecule has 1 heterocycles. The molecule has 1 saturated heterocycles. The second-order valence-corrected chi connectivity index (χ2v) is 9.87. The second kappa shape index (κ2) is 12.5. The number of hydrogen-bond acceptors (Lipinski definition) is 4. The Kier molecular flexibility index (Phi) is 8.96. The molecule has 1 aliphatic heterocycles. The third-order valence-electron chi connectivity index (χ3n) is 6.78. The number of nitrogens with zero attached hydrogens (tertiary/aromatic N) is 1. The molecule has 1 atom stereocenters. The van der Waals surface area contributed by atoms with Gasteiger partial charge in [0.25, 0.3) is 0 Å². The van der Waals surface area contributed by atoms with E-state index in [0.717, 1.165) is 54.1 Å². The van der Waals surface area contributed by atoms with Crippen LogP contribution >= 0.6 is 0 Å². The van der Waals surface area contributed by atoms with Gasteiger partial charge in [-0.1, -0.05) is 60.2 Å². The van der Waals surface area contributed by atoms with E-state index in [4.69, 9.17) is 4.74 Å². The molecule has 1 aliphatic rings. The molecule has 4 rings (SSSR count). The number of benzene rings is 3. The molecule has 2 N–H and O–H groups in total. The molecule has 0 aromatic heterocycles. The van der Waals surface area contributed by atoms with Crippen molar-refractivity contribution in [3.63, 3.8) is 0 Å². The van der Waals surface area contributed by atoms with Crippen molar-refractivity contribution in [2.75, 3.05) is 19.6 Å². The largest absolute Gasteiger partial charge is 0.457 e. The average molecular weight is 500 g/mol. The van der Waals surface area contributed by atoms with Crippen LogP contribution in [-0.2, 0) is 29.0 Å². The smallest absolute Gasteiger partial charge is 0.223 e. The highest BCUT2D eigenvalue weighted by Gasteiger charge is 2.26. The molecule has 0 radical (unpaired) electrons. The minimum absolute atomic E-state index is 0.0827. The van der Waals surface area contributed by atoms with E-state index >= 15 is 0 Å². The molecule has 1 fully saturated rings. The van der Waals surface area contributed by atoms with E-state index in [9.17, 15) is 9.59 Å². The molecule has 2 amide bonds. The van der Waals surface area contributed by atoms with E-state index in [2.05, 4.69) is 34.9 Å². The van der Waals surface area contributed by atoms with Gasteiger partial charge in [0.05, 0.1) is 0 Å². The van der Waals surface area contributed by atoms with Crippen LogP contribution in [0.15, 0.2) is 66.7 Å². The van der Waals surface area contributed by atoms with Crippen molar-refractivity contribution in [1.82, 2.24) is 15.5 Å². The lowest BCUT2D eigenvalue weighted by atomic mass is 10.0. The molecule has 6 nitrogen and oxygen atoms in total. The van der Waals surface area contributed by atoms with Crippen molar-refractivity contribution in [3.8, 4) is 11.5 Å². The first kappa shape index (κ1) is 26.4. The number of aryl methyl sites for hydroxylation is 3. The lowest BCUT2D eigenvalue weighted by Crippen LogP contribution is -2.54. The van der Waals surface area contributed by atoms with Crippen LogP contribution in [0.1, 0.15) is 41.2 Å². The third kappa shape index (κ3) is 7.43. The zero-order valence-corrected chi connectivity index (χ0v) is 22.0. The van der Waals surface area contributed by atoms with Crippen molar-refractivity contribution in [1.29, 1.82) is 0 Å². The van der Waals surface area contributed by atoms with E-state index in [-0.39, 0.29) is 17.9 Å². The highest BCUT2D eigenvalue weighted by molar-refractivity contribution is 5.77. The minimum Gasteiger partial charge on any atom is -0.457 e. The maximum absolute atomic E-state index is 13.4. The lowest BCUT2D eigenvalue weighted by molar-refractivity contribution is -0.134. The van der Waals surface area contributed by atoms with Gasteiger partial charge in [-0.15, -0.1) is 0 Å². The molecule has 0 bridgehead atoms. The fourth-order valence-electron chi connectivity index (χ4n) is 4.79. The van der Waals surface area contributed by atoms with Crippen LogP contribution in [0.2, 0.25) is 0 Å². The summed E-state index contributed by atoms with van der Waals surface area (Å²) in [4.78, 5) is 26.9. The lowest BCUT2D eigenvalue weighted by Gasteiger charge is -2.36. The van der Waals surface area contributed by atoms with Gasteiger partial charge < -0.3 is 20.3 Å². The maximum Gasteiger partial charge on any atom is 0.223 e. The Hall–Kier alpha value is -3.64. The van der Waals surface area contributed by atoms with Gasteiger partial charge in [0.15, 0.2) is 0 Å². The summed E-state index contributed by atoms with van der Waals surface area (Å²) < 4.78 is 6.40. The molecule has 37 heavy (non-hydrogen) atoms. The predicted octanol–water partition coefficient (Wildman–Crippen LogP) is 4.71. The number of piperazine rings is 1. The number of rotatable bonds is 9. The van der Waals surface area contributed by atoms with Crippen molar-refractivity contribution in [2.24, 2.45) is 0 Å². The molecule has 0 spiro atoms. The number of carbonyl (C=O) groups is 2. The summed E-state index contributed by atoms with van der Waals surface area (Å²) in [6.45, 7) is 8.32. The Balaban J connectivity index is 1.47. The van der Waals surface area contributed by atoms with Crippen LogP contribution in [0.25, 0.3) is 0 Å². The van der Waals surface area contributed by atoms with E-state index in [1.54, 1.807) is 0 Å². The number of hydrogen-bond donors (Lipinski definition) is 2. The van der Waals surface area contributed by atoms with Gasteiger partial charge in [0, 0.05) is 51.1 Å². The monoisotopic (exact) mass is 499 g/mol. The zero-order chi connectivity index (χ0) is 26.2. The summed E-state index contributed by atoms with van der Waals surface area (Å²) in [6.07, 6.45) is 1.88. The fourth-order valence-corrected chi connectivity index (χ4v) is 4.79. The van der Waals surface area contributed by atoms with Crippen LogP contribution in [0.5, 0.6) is 11.5 Å². The number of nitrogens with one attached hydrogen (secondary N) is 2. The van der Waals surface area contributed by atoms with Gasteiger partial charge in [0.1, 0.15) is 11.5 Å². The fraction of sp³-hybridized carbons (Fsp3) is 0.355. The molecule has 0 saturated carbocycles. The van der Waals surface area contributed by atoms with Gasteiger partial charge in [-0.05, 0) is 55.5 Å². The van der Waals surface area contributed by atoms with Gasteiger partial charge in [-0.3, -0.25) is 9.59 Å². The summed E-state index contributed by atoms with van der Waals surface area (Å²) in [5, 5.41) is 6.31. The van der Waals surface area contributed by atoms with Gasteiger partial charge in [-0.25, -0.2) is 0 Å². The van der Waals surface area contributed by atoms with E-state index < -0.39 is 0 Å². The maximum atomic E-state index is 13.4. The highest BCUT2D eigenvalue weighted by Crippen LogP contribution is 2.31. The number of amides is 2. The summed E-state index contributed by atoms with van der Waals surface area (Å²) in [7, 11) is 0. The van der Waals surface area contributed by atoms with Crippen molar-refractivity contribution in [2.45, 2.75) is 52.6 Å². The van der Waals surface area contributed by atoms with E-state index in [1.807, 2.05) is 61.2 Å². The Labute approximate surface area is 220 Å². The third-order valence-corrected chi connectivity index (χ3v) is 6.78. The van der Waals surface area contributed by atoms with Crippen molar-refractivity contribution >= 4 is 11.8 Å². The van der Waals surface area contributed by atoms with Crippen LogP contribution in [-0.4, -0.2) is 42.4 Å². The summed E-state index contributed by atoms with van der Waals surface area (Å²) in [5.74, 6) is 1.56.